The summed E-state index contributed by atoms with van der Waals surface area (Å²) in [5.41, 5.74) is 0. The summed E-state index contributed by atoms with van der Waals surface area (Å²) in [7, 11) is 0. The summed E-state index contributed by atoms with van der Waals surface area (Å²) in [5, 5.41) is 6.37. The van der Waals surface area contributed by atoms with Crippen molar-refractivity contribution in [2.24, 2.45) is 17.8 Å². The highest BCUT2D eigenvalue weighted by Gasteiger charge is 2.29. The van der Waals surface area contributed by atoms with Crippen LogP contribution in [0.5, 0.6) is 0 Å². The summed E-state index contributed by atoms with van der Waals surface area (Å²) in [6, 6.07) is -0.000600. The fourth-order valence-electron chi connectivity index (χ4n) is 4.90. The first-order chi connectivity index (χ1) is 12.5. The van der Waals surface area contributed by atoms with Crippen LogP contribution in [-0.2, 0) is 9.59 Å². The Balaban J connectivity index is 0.00000261. The summed E-state index contributed by atoms with van der Waals surface area (Å²) in [5.74, 6) is 2.10. The van der Waals surface area contributed by atoms with Gasteiger partial charge in [-0.1, -0.05) is 13.8 Å². The van der Waals surface area contributed by atoms with Gasteiger partial charge in [-0.3, -0.25) is 14.5 Å². The Morgan fingerprint density at radius 3 is 2.48 bits per heavy atom. The number of amides is 2. The first-order valence-corrected chi connectivity index (χ1v) is 10.5. The molecule has 3 aliphatic rings. The van der Waals surface area contributed by atoms with Gasteiger partial charge in [0.2, 0.25) is 11.8 Å². The van der Waals surface area contributed by atoms with Crippen LogP contribution >= 0.6 is 12.4 Å². The molecular weight excluding hydrogens is 364 g/mol. The number of piperidine rings is 2. The molecule has 0 aliphatic carbocycles. The quantitative estimate of drug-likeness (QED) is 0.733. The molecule has 0 saturated carbocycles. The molecule has 27 heavy (non-hydrogen) atoms. The molecule has 156 valence electrons. The highest BCUT2D eigenvalue weighted by atomic mass is 35.5. The summed E-state index contributed by atoms with van der Waals surface area (Å²) in [6.45, 7) is 10.4. The molecule has 3 saturated heterocycles. The predicted molar refractivity (Wildman–Crippen MR) is 110 cm³/mol. The largest absolute Gasteiger partial charge is 0.354 e. The number of halogens is 1. The Morgan fingerprint density at radius 1 is 1.07 bits per heavy atom. The Labute approximate surface area is 170 Å². The topological polar surface area (TPSA) is 64.7 Å². The van der Waals surface area contributed by atoms with E-state index in [1.165, 1.54) is 6.42 Å². The minimum atomic E-state index is -0.000600. The molecule has 3 aliphatic heterocycles. The van der Waals surface area contributed by atoms with Crippen LogP contribution in [0.3, 0.4) is 0 Å². The SMILES string of the molecule is CC1CC(C)CN(C(=O)CN2CCCC(CNC(=O)C3CCCN3)C2)C1.Cl. The smallest absolute Gasteiger partial charge is 0.237 e. The Bertz CT molecular complexity index is 488. The maximum atomic E-state index is 12.7. The van der Waals surface area contributed by atoms with E-state index in [4.69, 9.17) is 0 Å². The average Bonchev–Trinajstić information content (AvgIpc) is 3.14. The number of hydrogen-bond donors (Lipinski definition) is 2. The fraction of sp³-hybridized carbons (Fsp3) is 0.900. The molecule has 3 fully saturated rings. The third kappa shape index (κ3) is 6.61. The Hall–Kier alpha value is -0.850. The van der Waals surface area contributed by atoms with Crippen molar-refractivity contribution >= 4 is 24.2 Å². The number of hydrogen-bond acceptors (Lipinski definition) is 4. The van der Waals surface area contributed by atoms with E-state index in [-0.39, 0.29) is 30.3 Å². The molecule has 0 aromatic rings. The average molecular weight is 401 g/mol. The van der Waals surface area contributed by atoms with Gasteiger partial charge < -0.3 is 15.5 Å². The normalized spacial score (nSPS) is 32.0. The zero-order valence-electron chi connectivity index (χ0n) is 16.9. The summed E-state index contributed by atoms with van der Waals surface area (Å²) in [4.78, 5) is 29.2. The second kappa shape index (κ2) is 10.6. The lowest BCUT2D eigenvalue weighted by atomic mass is 9.92. The Morgan fingerprint density at radius 2 is 1.81 bits per heavy atom. The monoisotopic (exact) mass is 400 g/mol. The molecule has 3 rings (SSSR count). The zero-order valence-corrected chi connectivity index (χ0v) is 17.7. The minimum Gasteiger partial charge on any atom is -0.354 e. The molecule has 0 bridgehead atoms. The lowest BCUT2D eigenvalue weighted by molar-refractivity contribution is -0.135. The van der Waals surface area contributed by atoms with Gasteiger partial charge in [-0.2, -0.15) is 0 Å². The maximum absolute atomic E-state index is 12.7. The van der Waals surface area contributed by atoms with Gasteiger partial charge in [0.25, 0.3) is 0 Å². The zero-order chi connectivity index (χ0) is 18.5. The van der Waals surface area contributed by atoms with Gasteiger partial charge in [-0.05, 0) is 62.9 Å². The van der Waals surface area contributed by atoms with Crippen molar-refractivity contribution in [2.45, 2.75) is 52.0 Å². The van der Waals surface area contributed by atoms with Crippen LogP contribution in [0.2, 0.25) is 0 Å². The van der Waals surface area contributed by atoms with Crippen LogP contribution in [0, 0.1) is 17.8 Å². The molecule has 0 aromatic heterocycles. The van der Waals surface area contributed by atoms with E-state index in [0.29, 0.717) is 24.3 Å². The maximum Gasteiger partial charge on any atom is 0.237 e. The lowest BCUT2D eigenvalue weighted by Crippen LogP contribution is -2.50. The van der Waals surface area contributed by atoms with E-state index in [9.17, 15) is 9.59 Å². The lowest BCUT2D eigenvalue weighted by Gasteiger charge is -2.38. The van der Waals surface area contributed by atoms with E-state index >= 15 is 0 Å². The van der Waals surface area contributed by atoms with Gasteiger partial charge in [-0.25, -0.2) is 0 Å². The summed E-state index contributed by atoms with van der Waals surface area (Å²) in [6.07, 6.45) is 5.52. The number of carbonyl (C=O) groups is 2. The van der Waals surface area contributed by atoms with Crippen molar-refractivity contribution < 1.29 is 9.59 Å². The van der Waals surface area contributed by atoms with E-state index in [0.717, 1.165) is 65.0 Å². The molecule has 6 nitrogen and oxygen atoms in total. The molecule has 4 unspecified atom stereocenters. The molecule has 3 heterocycles. The third-order valence-electron chi connectivity index (χ3n) is 6.13. The van der Waals surface area contributed by atoms with Crippen molar-refractivity contribution in [3.05, 3.63) is 0 Å². The summed E-state index contributed by atoms with van der Waals surface area (Å²) < 4.78 is 0. The molecule has 2 amide bonds. The van der Waals surface area contributed by atoms with E-state index in [1.54, 1.807) is 0 Å². The van der Waals surface area contributed by atoms with Crippen molar-refractivity contribution in [3.63, 3.8) is 0 Å². The molecular formula is C20H37ClN4O2. The van der Waals surface area contributed by atoms with Crippen LogP contribution in [0.1, 0.15) is 46.0 Å². The standard InChI is InChI=1S/C20H36N4O2.ClH/c1-15-9-16(2)12-24(11-15)19(25)14-23-8-4-5-17(13-23)10-22-20(26)18-6-3-7-21-18;/h15-18,21H,3-14H2,1-2H3,(H,22,26);1H. The number of nitrogens with one attached hydrogen (secondary N) is 2. The first kappa shape index (κ1) is 22.4. The number of carbonyl (C=O) groups excluding carboxylic acids is 2. The predicted octanol–water partition coefficient (Wildman–Crippen LogP) is 1.49. The molecule has 7 heteroatoms. The minimum absolute atomic E-state index is 0. The number of nitrogens with zero attached hydrogens (tertiary/aromatic N) is 2. The second-order valence-electron chi connectivity index (χ2n) is 8.88. The Kier molecular flexibility index (Phi) is 8.83. The number of rotatable bonds is 5. The highest BCUT2D eigenvalue weighted by Crippen LogP contribution is 2.22. The van der Waals surface area contributed by atoms with Gasteiger partial charge in [0.15, 0.2) is 0 Å². The molecule has 4 atom stereocenters. The van der Waals surface area contributed by atoms with Gasteiger partial charge >= 0.3 is 0 Å². The van der Waals surface area contributed by atoms with Crippen LogP contribution in [0.15, 0.2) is 0 Å². The highest BCUT2D eigenvalue weighted by molar-refractivity contribution is 5.85. The van der Waals surface area contributed by atoms with Crippen molar-refractivity contribution in [1.29, 1.82) is 0 Å². The second-order valence-corrected chi connectivity index (χ2v) is 8.88. The van der Waals surface area contributed by atoms with Gasteiger partial charge in [0.05, 0.1) is 12.6 Å². The van der Waals surface area contributed by atoms with Crippen molar-refractivity contribution in [1.82, 2.24) is 20.4 Å². The van der Waals surface area contributed by atoms with Gasteiger partial charge in [-0.15, -0.1) is 12.4 Å². The van der Waals surface area contributed by atoms with Crippen molar-refractivity contribution in [3.8, 4) is 0 Å². The van der Waals surface area contributed by atoms with Gasteiger partial charge in [0, 0.05) is 26.2 Å². The van der Waals surface area contributed by atoms with Crippen molar-refractivity contribution in [2.75, 3.05) is 45.8 Å². The molecule has 0 spiro atoms. The number of likely N-dealkylation sites (tertiary alicyclic amines) is 2. The summed E-state index contributed by atoms with van der Waals surface area (Å²) >= 11 is 0. The van der Waals surface area contributed by atoms with Crippen LogP contribution < -0.4 is 10.6 Å². The van der Waals surface area contributed by atoms with Crippen LogP contribution in [-0.4, -0.2) is 73.5 Å². The molecule has 0 radical (unpaired) electrons. The van der Waals surface area contributed by atoms with Crippen LogP contribution in [0.4, 0.5) is 0 Å². The van der Waals surface area contributed by atoms with E-state index in [2.05, 4.69) is 34.3 Å². The first-order valence-electron chi connectivity index (χ1n) is 10.5. The molecule has 2 N–H and O–H groups in total. The van der Waals surface area contributed by atoms with E-state index < -0.39 is 0 Å². The fourth-order valence-corrected chi connectivity index (χ4v) is 4.90. The molecule has 0 aromatic carbocycles. The van der Waals surface area contributed by atoms with Gasteiger partial charge in [0.1, 0.15) is 0 Å². The van der Waals surface area contributed by atoms with E-state index in [1.807, 2.05) is 0 Å². The van der Waals surface area contributed by atoms with Crippen LogP contribution in [0.25, 0.3) is 0 Å². The third-order valence-corrected chi connectivity index (χ3v) is 6.13.